The summed E-state index contributed by atoms with van der Waals surface area (Å²) in [5.74, 6) is 0.968. The second-order valence-electron chi connectivity index (χ2n) is 24.0. The zero-order chi connectivity index (χ0) is 96.3. The van der Waals surface area contributed by atoms with Gasteiger partial charge in [0.2, 0.25) is 0 Å². The minimum atomic E-state index is 0.968. The molecule has 0 aliphatic rings. The van der Waals surface area contributed by atoms with Crippen molar-refractivity contribution in [3.63, 3.8) is 0 Å². The van der Waals surface area contributed by atoms with Crippen molar-refractivity contribution in [3.05, 3.63) is 391 Å². The van der Waals surface area contributed by atoms with Crippen LogP contribution in [0.1, 0.15) is 232 Å². The number of benzene rings is 9. The lowest BCUT2D eigenvalue weighted by Gasteiger charge is -1.98. The van der Waals surface area contributed by atoms with Gasteiger partial charge in [0.05, 0.1) is 37.6 Å². The number of hydrogen-bond donors (Lipinski definition) is 0. The molecule has 0 N–H and O–H groups in total. The summed E-state index contributed by atoms with van der Waals surface area (Å²) in [6.07, 6.45) is 10.3. The van der Waals surface area contributed by atoms with E-state index in [1.807, 2.05) is 314 Å². The van der Waals surface area contributed by atoms with Crippen molar-refractivity contribution in [1.82, 2.24) is 0 Å². The molecule has 9 aromatic carbocycles. The second kappa shape index (κ2) is 85.5. The minimum absolute atomic E-state index is 0.968. The van der Waals surface area contributed by atoms with E-state index in [1.165, 1.54) is 118 Å². The van der Waals surface area contributed by atoms with E-state index >= 15 is 0 Å². The summed E-state index contributed by atoms with van der Waals surface area (Å²) >= 11 is 8.95. The average Bonchev–Trinajstić information content (AvgIpc) is 1.30. The lowest BCUT2D eigenvalue weighted by molar-refractivity contribution is 0.534. The van der Waals surface area contributed by atoms with E-state index in [2.05, 4.69) is 245 Å². The predicted molar refractivity (Wildman–Crippen MR) is 584 cm³/mol. The topological polar surface area (TPSA) is 65.7 Å². The molecule has 686 valence electrons. The molecule has 0 unspecified atom stereocenters. The van der Waals surface area contributed by atoms with Gasteiger partial charge in [-0.2, -0.15) is 11.3 Å². The molecular formula is C116H162O5S5. The van der Waals surface area contributed by atoms with Crippen LogP contribution in [0.5, 0.6) is 0 Å². The predicted octanol–water partition coefficient (Wildman–Crippen LogP) is 42.6. The van der Waals surface area contributed by atoms with Crippen LogP contribution in [-0.4, -0.2) is 0 Å². The van der Waals surface area contributed by atoms with Crippen LogP contribution in [0.3, 0.4) is 0 Å². The minimum Gasteiger partial charge on any atom is -0.472 e. The number of para-hydroxylation sites is 2. The summed E-state index contributed by atoms with van der Waals surface area (Å²) in [7, 11) is 0. The van der Waals surface area contributed by atoms with E-state index in [9.17, 15) is 0 Å². The standard InChI is InChI=1S/C11H10.3C9H8O.3C9H8S.C7H8.2C5H6O.2C5H6S.12C2H6/c1-9-5-4-7-10-6-2-3-8-11(9)10;1-7-3-2-4-9-8(7)5-6-10-9;1-7-3-2-4-8-5-6-10-9(7)8;1-7-6-10-9-5-3-2-4-8(7)9;1-7-3-2-4-9-8(7)5-6-10-9;1-7-3-2-4-8-5-6-10-9(7)8;1-7-6-10-9-5-3-2-4-8(7)9;1-7-5-3-2-4-6-7;1-5-2-3-6-4-5;1-5-3-2-4-6-5;1-5-2-3-6-4-5;1-5-3-2-4-6-5;12*1-2/h2-8H,1H3;6*2-6H,1H3;2-6H,1H3;4*2-4H,1H3;12*1-2H3. The molecule has 10 aromatic heterocycles. The Hall–Kier alpha value is -10.3. The first-order chi connectivity index (χ1) is 61.6. The first-order valence-electron chi connectivity index (χ1n) is 45.6. The lowest BCUT2D eigenvalue weighted by Crippen LogP contribution is -1.75. The molecule has 126 heavy (non-hydrogen) atoms. The third-order valence-electron chi connectivity index (χ3n) is 15.7. The van der Waals surface area contributed by atoms with Crippen LogP contribution in [0.25, 0.3) is 73.9 Å². The normalized spacial score (nSPS) is 8.63. The van der Waals surface area contributed by atoms with Crippen LogP contribution < -0.4 is 0 Å². The summed E-state index contributed by atoms with van der Waals surface area (Å²) < 4.78 is 29.4. The maximum Gasteiger partial charge on any atom is 0.136 e. The summed E-state index contributed by atoms with van der Waals surface area (Å²) in [6.45, 7) is 73.0. The molecule has 0 bridgehead atoms. The van der Waals surface area contributed by atoms with E-state index in [0.717, 1.165) is 22.5 Å². The zero-order valence-electron chi connectivity index (χ0n) is 84.3. The Kier molecular flexibility index (Phi) is 84.3. The van der Waals surface area contributed by atoms with Gasteiger partial charge in [0, 0.05) is 35.1 Å². The fraction of sp³-hybridized carbons (Fsp3) is 0.310. The van der Waals surface area contributed by atoms with E-state index in [1.54, 1.807) is 71.6 Å². The number of fused-ring (bicyclic) bond motifs is 7. The van der Waals surface area contributed by atoms with Crippen LogP contribution in [0.15, 0.2) is 347 Å². The fourth-order valence-electron chi connectivity index (χ4n) is 10.1. The van der Waals surface area contributed by atoms with Gasteiger partial charge >= 0.3 is 0 Å². The molecule has 0 aliphatic heterocycles. The molecule has 5 nitrogen and oxygen atoms in total. The summed E-state index contributed by atoms with van der Waals surface area (Å²) in [6, 6.07) is 86.9. The van der Waals surface area contributed by atoms with Crippen molar-refractivity contribution in [1.29, 1.82) is 0 Å². The maximum absolute atomic E-state index is 5.25. The molecule has 0 atom stereocenters. The van der Waals surface area contributed by atoms with Gasteiger partial charge in [0.15, 0.2) is 0 Å². The molecule has 0 radical (unpaired) electrons. The van der Waals surface area contributed by atoms with Crippen molar-refractivity contribution in [2.45, 2.75) is 249 Å². The number of thiophene rings is 5. The van der Waals surface area contributed by atoms with E-state index < -0.39 is 0 Å². The van der Waals surface area contributed by atoms with Crippen molar-refractivity contribution >= 4 is 131 Å². The Labute approximate surface area is 786 Å². The van der Waals surface area contributed by atoms with Gasteiger partial charge in [0.1, 0.15) is 22.5 Å². The first kappa shape index (κ1) is 124. The highest BCUT2D eigenvalue weighted by atomic mass is 32.1. The van der Waals surface area contributed by atoms with Crippen molar-refractivity contribution < 1.29 is 22.1 Å². The first-order valence-corrected chi connectivity index (χ1v) is 50.1. The smallest absolute Gasteiger partial charge is 0.136 e. The van der Waals surface area contributed by atoms with Crippen molar-refractivity contribution in [2.24, 2.45) is 0 Å². The van der Waals surface area contributed by atoms with Crippen LogP contribution in [0.4, 0.5) is 0 Å². The average molecular weight is 1800 g/mol. The monoisotopic (exact) mass is 1800 g/mol. The highest BCUT2D eigenvalue weighted by Gasteiger charge is 2.01. The van der Waals surface area contributed by atoms with E-state index in [0.29, 0.717) is 0 Å². The van der Waals surface area contributed by atoms with Gasteiger partial charge in [-0.15, -0.1) is 45.3 Å². The SMILES string of the molecule is CC.CC.CC.CC.CC.CC.CC.CC.CC.CC.CC.CC.Cc1cccc2ccccc12.Cc1cccc2ccoc12.Cc1cccc2ccsc12.Cc1cccc2occc12.Cc1cccc2sccc12.Cc1ccccc1.Cc1ccco1.Cc1cccs1.Cc1ccoc1.Cc1ccsc1.Cc1coc2ccccc12.Cc1csc2ccccc12. The summed E-state index contributed by atoms with van der Waals surface area (Å²) in [5.41, 5.74) is 16.0. The molecule has 0 fully saturated rings. The number of rotatable bonds is 0. The molecule has 0 saturated carbocycles. The van der Waals surface area contributed by atoms with Gasteiger partial charge in [-0.3, -0.25) is 0 Å². The molecule has 19 aromatic rings. The van der Waals surface area contributed by atoms with E-state index in [-0.39, 0.29) is 0 Å². The summed E-state index contributed by atoms with van der Waals surface area (Å²) in [4.78, 5) is 1.38. The Morgan fingerprint density at radius 3 is 1.13 bits per heavy atom. The largest absolute Gasteiger partial charge is 0.472 e. The van der Waals surface area contributed by atoms with E-state index in [4.69, 9.17) is 22.1 Å². The van der Waals surface area contributed by atoms with Gasteiger partial charge in [0.25, 0.3) is 0 Å². The third-order valence-corrected chi connectivity index (χ3v) is 20.4. The fourth-order valence-corrected chi connectivity index (χ4v) is 14.0. The molecule has 0 amide bonds. The quantitative estimate of drug-likeness (QED) is 0.151. The van der Waals surface area contributed by atoms with Gasteiger partial charge in [-0.1, -0.05) is 348 Å². The maximum atomic E-state index is 5.25. The van der Waals surface area contributed by atoms with Gasteiger partial charge < -0.3 is 22.1 Å². The van der Waals surface area contributed by atoms with Gasteiger partial charge in [-0.25, -0.2) is 0 Å². The molecule has 10 heteroatoms. The number of hydrogen-bond acceptors (Lipinski definition) is 10. The Morgan fingerprint density at radius 2 is 0.683 bits per heavy atom. The number of aryl methyl sites for hydroxylation is 12. The highest BCUT2D eigenvalue weighted by Crippen LogP contribution is 2.27. The lowest BCUT2D eigenvalue weighted by atomic mass is 10.1. The van der Waals surface area contributed by atoms with Crippen LogP contribution in [0.2, 0.25) is 0 Å². The van der Waals surface area contributed by atoms with Crippen LogP contribution in [0, 0.1) is 83.1 Å². The van der Waals surface area contributed by atoms with Crippen molar-refractivity contribution in [2.75, 3.05) is 0 Å². The molecule has 0 saturated heterocycles. The van der Waals surface area contributed by atoms with Crippen LogP contribution in [-0.2, 0) is 0 Å². The Morgan fingerprint density at radius 1 is 0.214 bits per heavy atom. The number of furan rings is 5. The Bertz CT molecular complexity index is 4880. The zero-order valence-corrected chi connectivity index (χ0v) is 88.3. The molecule has 19 rings (SSSR count). The molecule has 0 aliphatic carbocycles. The molecule has 0 spiro atoms. The van der Waals surface area contributed by atoms with Crippen molar-refractivity contribution in [3.8, 4) is 0 Å². The van der Waals surface area contributed by atoms with Gasteiger partial charge in [-0.05, 0) is 271 Å². The molecular weight excluding hydrogens is 1630 g/mol. The molecule has 10 heterocycles. The second-order valence-corrected chi connectivity index (χ2v) is 28.7. The van der Waals surface area contributed by atoms with Crippen LogP contribution >= 0.6 is 56.7 Å². The summed E-state index contributed by atoms with van der Waals surface area (Å²) in [5, 5.41) is 23.2. The third kappa shape index (κ3) is 52.0. The Balaban J connectivity index is -0.000000415. The highest BCUT2D eigenvalue weighted by molar-refractivity contribution is 7.18.